The van der Waals surface area contributed by atoms with Crippen molar-refractivity contribution in [3.63, 3.8) is 0 Å². The largest absolute Gasteiger partial charge is 0.381 e. The molecule has 4 saturated heterocycles. The fraction of sp³-hybridized carbons (Fsp3) is 0.947. The third-order valence-electron chi connectivity index (χ3n) is 6.65. The minimum atomic E-state index is 0.114. The van der Waals surface area contributed by atoms with Crippen molar-refractivity contribution < 1.29 is 14.3 Å². The SMILES string of the molecule is C[C@@H]1CN(C2CCOCC2)CCN1C(=O)NCCC1CC2CCC1O2. The highest BCUT2D eigenvalue weighted by atomic mass is 16.5. The molecule has 0 aliphatic carbocycles. The monoisotopic (exact) mass is 351 g/mol. The van der Waals surface area contributed by atoms with Crippen LogP contribution < -0.4 is 5.32 Å². The van der Waals surface area contributed by atoms with Crippen LogP contribution in [0.2, 0.25) is 0 Å². The number of piperazine rings is 1. The Morgan fingerprint density at radius 2 is 2.00 bits per heavy atom. The Bertz CT molecular complexity index is 469. The molecule has 3 unspecified atom stereocenters. The maximum Gasteiger partial charge on any atom is 0.317 e. The molecular weight excluding hydrogens is 318 g/mol. The summed E-state index contributed by atoms with van der Waals surface area (Å²) in [7, 11) is 0. The fourth-order valence-corrected chi connectivity index (χ4v) is 5.18. The first-order valence-electron chi connectivity index (χ1n) is 10.2. The normalized spacial score (nSPS) is 36.8. The molecule has 0 aromatic carbocycles. The van der Waals surface area contributed by atoms with Gasteiger partial charge in [0, 0.05) is 51.5 Å². The van der Waals surface area contributed by atoms with Gasteiger partial charge in [-0.2, -0.15) is 0 Å². The summed E-state index contributed by atoms with van der Waals surface area (Å²) in [6, 6.07) is 1.03. The first kappa shape index (κ1) is 17.6. The van der Waals surface area contributed by atoms with Gasteiger partial charge >= 0.3 is 6.03 Å². The van der Waals surface area contributed by atoms with Crippen LogP contribution in [0.1, 0.15) is 45.4 Å². The summed E-state index contributed by atoms with van der Waals surface area (Å²) in [4.78, 5) is 17.2. The Labute approximate surface area is 151 Å². The number of hydrogen-bond acceptors (Lipinski definition) is 4. The van der Waals surface area contributed by atoms with E-state index in [1.165, 1.54) is 19.3 Å². The predicted octanol–water partition coefficient (Wildman–Crippen LogP) is 1.84. The number of nitrogens with zero attached hydrogens (tertiary/aromatic N) is 2. The number of carbonyl (C=O) groups is 1. The quantitative estimate of drug-likeness (QED) is 0.840. The van der Waals surface area contributed by atoms with Crippen molar-refractivity contribution in [2.24, 2.45) is 5.92 Å². The van der Waals surface area contributed by atoms with E-state index in [4.69, 9.17) is 9.47 Å². The van der Waals surface area contributed by atoms with Gasteiger partial charge < -0.3 is 19.7 Å². The Balaban J connectivity index is 1.19. The van der Waals surface area contributed by atoms with E-state index in [1.54, 1.807) is 0 Å². The number of fused-ring (bicyclic) bond motifs is 2. The zero-order chi connectivity index (χ0) is 17.2. The highest BCUT2D eigenvalue weighted by molar-refractivity contribution is 5.74. The van der Waals surface area contributed by atoms with E-state index in [2.05, 4.69) is 17.1 Å². The van der Waals surface area contributed by atoms with E-state index in [0.29, 0.717) is 24.2 Å². The van der Waals surface area contributed by atoms with Crippen LogP contribution in [0.4, 0.5) is 4.79 Å². The van der Waals surface area contributed by atoms with E-state index in [1.807, 2.05) is 4.90 Å². The second-order valence-electron chi connectivity index (χ2n) is 8.27. The van der Waals surface area contributed by atoms with E-state index in [9.17, 15) is 4.79 Å². The van der Waals surface area contributed by atoms with Crippen molar-refractivity contribution in [3.8, 4) is 0 Å². The van der Waals surface area contributed by atoms with Crippen molar-refractivity contribution in [1.29, 1.82) is 0 Å². The van der Waals surface area contributed by atoms with E-state index < -0.39 is 0 Å². The average molecular weight is 351 g/mol. The smallest absolute Gasteiger partial charge is 0.317 e. The molecule has 4 fully saturated rings. The summed E-state index contributed by atoms with van der Waals surface area (Å²) < 4.78 is 11.4. The zero-order valence-corrected chi connectivity index (χ0v) is 15.5. The predicted molar refractivity (Wildman–Crippen MR) is 95.6 cm³/mol. The summed E-state index contributed by atoms with van der Waals surface area (Å²) in [6.45, 7) is 7.53. The number of urea groups is 1. The first-order valence-corrected chi connectivity index (χ1v) is 10.2. The third-order valence-corrected chi connectivity index (χ3v) is 6.65. The lowest BCUT2D eigenvalue weighted by molar-refractivity contribution is 0.00699. The molecule has 4 rings (SSSR count). The number of hydrogen-bond donors (Lipinski definition) is 1. The second kappa shape index (κ2) is 7.80. The van der Waals surface area contributed by atoms with Crippen LogP contribution in [0.25, 0.3) is 0 Å². The standard InChI is InChI=1S/C19H33N3O3/c1-14-13-21(16-5-10-24-11-6-16)8-9-22(14)19(23)20-7-4-15-12-17-2-3-18(15)25-17/h14-18H,2-13H2,1H3,(H,20,23)/t14-,15?,17?,18?/m1/s1. The molecule has 4 aliphatic rings. The maximum atomic E-state index is 12.6. The third kappa shape index (κ3) is 3.96. The van der Waals surface area contributed by atoms with Crippen LogP contribution in [-0.4, -0.2) is 79.5 Å². The molecule has 4 heterocycles. The van der Waals surface area contributed by atoms with Gasteiger partial charge in [-0.05, 0) is 51.4 Å². The van der Waals surface area contributed by atoms with Crippen LogP contribution >= 0.6 is 0 Å². The van der Waals surface area contributed by atoms with Crippen LogP contribution in [0.15, 0.2) is 0 Å². The number of carbonyl (C=O) groups excluding carboxylic acids is 1. The summed E-state index contributed by atoms with van der Waals surface area (Å²) in [5.41, 5.74) is 0. The molecule has 0 radical (unpaired) electrons. The van der Waals surface area contributed by atoms with Crippen molar-refractivity contribution in [2.45, 2.75) is 69.7 Å². The molecule has 1 N–H and O–H groups in total. The minimum Gasteiger partial charge on any atom is -0.381 e. The Morgan fingerprint density at radius 3 is 2.68 bits per heavy atom. The number of amides is 2. The molecular formula is C19H33N3O3. The first-order chi connectivity index (χ1) is 12.2. The molecule has 2 amide bonds. The Morgan fingerprint density at radius 1 is 1.16 bits per heavy atom. The number of rotatable bonds is 4. The topological polar surface area (TPSA) is 54.0 Å². The molecule has 4 aliphatic heterocycles. The van der Waals surface area contributed by atoms with E-state index in [-0.39, 0.29) is 12.1 Å². The van der Waals surface area contributed by atoms with Crippen LogP contribution in [0.5, 0.6) is 0 Å². The van der Waals surface area contributed by atoms with Gasteiger partial charge in [-0.3, -0.25) is 4.90 Å². The molecule has 0 aromatic heterocycles. The van der Waals surface area contributed by atoms with Crippen LogP contribution in [0.3, 0.4) is 0 Å². The molecule has 0 spiro atoms. The minimum absolute atomic E-state index is 0.114. The van der Waals surface area contributed by atoms with Crippen molar-refractivity contribution in [2.75, 3.05) is 39.4 Å². The summed E-state index contributed by atoms with van der Waals surface area (Å²) in [5, 5.41) is 3.16. The van der Waals surface area contributed by atoms with Gasteiger partial charge in [0.05, 0.1) is 12.2 Å². The summed E-state index contributed by atoms with van der Waals surface area (Å²) >= 11 is 0. The number of nitrogens with one attached hydrogen (secondary N) is 1. The van der Waals surface area contributed by atoms with Crippen LogP contribution in [0, 0.1) is 5.92 Å². The highest BCUT2D eigenvalue weighted by Crippen LogP contribution is 2.40. The average Bonchev–Trinajstić information content (AvgIpc) is 3.25. The van der Waals surface area contributed by atoms with E-state index >= 15 is 0 Å². The van der Waals surface area contributed by atoms with Gasteiger partial charge in [-0.15, -0.1) is 0 Å². The van der Waals surface area contributed by atoms with Crippen molar-refractivity contribution in [1.82, 2.24) is 15.1 Å². The Kier molecular flexibility index (Phi) is 5.48. The molecule has 142 valence electrons. The fourth-order valence-electron chi connectivity index (χ4n) is 5.18. The molecule has 6 nitrogen and oxygen atoms in total. The van der Waals surface area contributed by atoms with Crippen molar-refractivity contribution >= 4 is 6.03 Å². The molecule has 0 aromatic rings. The zero-order valence-electron chi connectivity index (χ0n) is 15.5. The van der Waals surface area contributed by atoms with Gasteiger partial charge in [0.15, 0.2) is 0 Å². The van der Waals surface area contributed by atoms with E-state index in [0.717, 1.165) is 58.7 Å². The molecule has 6 heteroatoms. The van der Waals surface area contributed by atoms with Gasteiger partial charge in [0.1, 0.15) is 0 Å². The van der Waals surface area contributed by atoms with Gasteiger partial charge in [0.2, 0.25) is 0 Å². The summed E-state index contributed by atoms with van der Waals surface area (Å²) in [5.74, 6) is 0.654. The van der Waals surface area contributed by atoms with Gasteiger partial charge in [-0.25, -0.2) is 4.79 Å². The lowest BCUT2D eigenvalue weighted by Gasteiger charge is -2.44. The summed E-state index contributed by atoms with van der Waals surface area (Å²) in [6.07, 6.45) is 7.93. The van der Waals surface area contributed by atoms with Gasteiger partial charge in [0.25, 0.3) is 0 Å². The van der Waals surface area contributed by atoms with Crippen LogP contribution in [-0.2, 0) is 9.47 Å². The van der Waals surface area contributed by atoms with Crippen molar-refractivity contribution in [3.05, 3.63) is 0 Å². The second-order valence-corrected chi connectivity index (χ2v) is 8.27. The molecule has 2 bridgehead atoms. The van der Waals surface area contributed by atoms with Gasteiger partial charge in [-0.1, -0.05) is 0 Å². The molecule has 4 atom stereocenters. The Hall–Kier alpha value is -0.850. The lowest BCUT2D eigenvalue weighted by Crippen LogP contribution is -2.59. The lowest BCUT2D eigenvalue weighted by atomic mass is 9.87. The maximum absolute atomic E-state index is 12.6. The molecule has 25 heavy (non-hydrogen) atoms. The molecule has 0 saturated carbocycles. The number of ether oxygens (including phenoxy) is 2. The highest BCUT2D eigenvalue weighted by Gasteiger charge is 2.40.